The number of H-pyrrole nitrogens is 1. The van der Waals surface area contributed by atoms with Gasteiger partial charge in [-0.15, -0.1) is 5.10 Å². The molecule has 7 heteroatoms. The highest BCUT2D eigenvalue weighted by atomic mass is 16.5. The number of aryl methyl sites for hydroxylation is 1. The molecule has 110 valence electrons. The van der Waals surface area contributed by atoms with Crippen LogP contribution >= 0.6 is 0 Å². The number of nitrogens with zero attached hydrogens (tertiary/aromatic N) is 2. The summed E-state index contributed by atoms with van der Waals surface area (Å²) in [6, 6.07) is 6.46. The Hall–Kier alpha value is -2.70. The highest BCUT2D eigenvalue weighted by Crippen LogP contribution is 2.12. The number of rotatable bonds is 5. The van der Waals surface area contributed by atoms with Gasteiger partial charge in [-0.3, -0.25) is 9.89 Å². The summed E-state index contributed by atoms with van der Waals surface area (Å²) in [4.78, 5) is 27.5. The van der Waals surface area contributed by atoms with Crippen molar-refractivity contribution in [3.05, 3.63) is 41.5 Å². The van der Waals surface area contributed by atoms with Crippen molar-refractivity contribution in [1.82, 2.24) is 15.2 Å². The molecule has 0 radical (unpaired) electrons. The number of methoxy groups -OCH3 is 1. The van der Waals surface area contributed by atoms with Crippen molar-refractivity contribution in [1.29, 1.82) is 0 Å². The zero-order chi connectivity index (χ0) is 15.2. The third-order valence-electron chi connectivity index (χ3n) is 2.76. The predicted molar refractivity (Wildman–Crippen MR) is 76.1 cm³/mol. The molecule has 1 aromatic heterocycles. The number of nitrogens with one attached hydrogen (secondary N) is 2. The smallest absolute Gasteiger partial charge is 0.337 e. The monoisotopic (exact) mass is 288 g/mol. The molecule has 0 unspecified atom stereocenters. The minimum Gasteiger partial charge on any atom is -0.465 e. The topological polar surface area (TPSA) is 97.0 Å². The van der Waals surface area contributed by atoms with Crippen molar-refractivity contribution in [2.24, 2.45) is 0 Å². The van der Waals surface area contributed by atoms with E-state index in [4.69, 9.17) is 0 Å². The standard InChI is InChI=1S/C14H16N4O3/c1-3-5-11-16-12(18-17-11)13(19)15-10-7-4-6-9(8-10)14(20)21-2/h4,6-8H,3,5H2,1-2H3,(H,15,19)(H,16,17,18). The molecule has 0 aliphatic rings. The number of hydrogen-bond acceptors (Lipinski definition) is 5. The molecular formula is C14H16N4O3. The zero-order valence-electron chi connectivity index (χ0n) is 11.8. The Bertz CT molecular complexity index is 651. The number of esters is 1. The van der Waals surface area contributed by atoms with E-state index in [0.717, 1.165) is 12.8 Å². The minimum absolute atomic E-state index is 0.0712. The van der Waals surface area contributed by atoms with Gasteiger partial charge in [0.25, 0.3) is 5.91 Å². The van der Waals surface area contributed by atoms with E-state index in [2.05, 4.69) is 25.2 Å². The van der Waals surface area contributed by atoms with E-state index in [-0.39, 0.29) is 5.82 Å². The Morgan fingerprint density at radius 3 is 2.90 bits per heavy atom. The first kappa shape index (κ1) is 14.7. The number of benzene rings is 1. The van der Waals surface area contributed by atoms with Crippen LogP contribution in [0.2, 0.25) is 0 Å². The summed E-state index contributed by atoms with van der Waals surface area (Å²) < 4.78 is 4.63. The Morgan fingerprint density at radius 1 is 1.38 bits per heavy atom. The summed E-state index contributed by atoms with van der Waals surface area (Å²) in [6.45, 7) is 2.01. The predicted octanol–water partition coefficient (Wildman–Crippen LogP) is 1.80. The van der Waals surface area contributed by atoms with E-state index in [1.165, 1.54) is 13.2 Å². The summed E-state index contributed by atoms with van der Waals surface area (Å²) in [5.74, 6) is -0.155. The Morgan fingerprint density at radius 2 is 2.19 bits per heavy atom. The quantitative estimate of drug-likeness (QED) is 0.818. The van der Waals surface area contributed by atoms with Gasteiger partial charge in [-0.25, -0.2) is 9.78 Å². The second-order valence-corrected chi connectivity index (χ2v) is 4.38. The van der Waals surface area contributed by atoms with Crippen LogP contribution in [0.1, 0.15) is 40.1 Å². The summed E-state index contributed by atoms with van der Waals surface area (Å²) >= 11 is 0. The van der Waals surface area contributed by atoms with E-state index in [1.54, 1.807) is 18.2 Å². The van der Waals surface area contributed by atoms with Crippen LogP contribution in [0.4, 0.5) is 5.69 Å². The van der Waals surface area contributed by atoms with Crippen molar-refractivity contribution in [3.8, 4) is 0 Å². The largest absolute Gasteiger partial charge is 0.465 e. The average molecular weight is 288 g/mol. The summed E-state index contributed by atoms with van der Waals surface area (Å²) in [5, 5.41) is 9.22. The highest BCUT2D eigenvalue weighted by Gasteiger charge is 2.13. The summed E-state index contributed by atoms with van der Waals surface area (Å²) in [7, 11) is 1.30. The first-order chi connectivity index (χ1) is 10.1. The molecule has 0 saturated heterocycles. The van der Waals surface area contributed by atoms with Crippen molar-refractivity contribution in [2.45, 2.75) is 19.8 Å². The molecule has 2 rings (SSSR count). The fraction of sp³-hybridized carbons (Fsp3) is 0.286. The van der Waals surface area contributed by atoms with E-state index in [0.29, 0.717) is 17.1 Å². The van der Waals surface area contributed by atoms with Crippen LogP contribution in [0.15, 0.2) is 24.3 Å². The maximum atomic E-state index is 12.0. The van der Waals surface area contributed by atoms with Gasteiger partial charge in [0, 0.05) is 12.1 Å². The molecule has 1 aromatic carbocycles. The van der Waals surface area contributed by atoms with Crippen LogP contribution in [-0.4, -0.2) is 34.2 Å². The molecular weight excluding hydrogens is 272 g/mol. The van der Waals surface area contributed by atoms with Crippen molar-refractivity contribution in [3.63, 3.8) is 0 Å². The second kappa shape index (κ2) is 6.65. The molecule has 1 amide bonds. The summed E-state index contributed by atoms with van der Waals surface area (Å²) in [5.41, 5.74) is 0.835. The lowest BCUT2D eigenvalue weighted by Crippen LogP contribution is -2.14. The molecule has 0 aliphatic heterocycles. The molecule has 2 N–H and O–H groups in total. The van der Waals surface area contributed by atoms with Crippen LogP contribution < -0.4 is 5.32 Å². The molecule has 0 spiro atoms. The number of carbonyl (C=O) groups is 2. The van der Waals surface area contributed by atoms with E-state index >= 15 is 0 Å². The highest BCUT2D eigenvalue weighted by molar-refractivity contribution is 6.02. The number of carbonyl (C=O) groups excluding carboxylic acids is 2. The van der Waals surface area contributed by atoms with E-state index in [1.807, 2.05) is 6.92 Å². The Balaban J connectivity index is 2.09. The lowest BCUT2D eigenvalue weighted by atomic mass is 10.2. The van der Waals surface area contributed by atoms with Gasteiger partial charge < -0.3 is 10.1 Å². The van der Waals surface area contributed by atoms with Gasteiger partial charge >= 0.3 is 5.97 Å². The average Bonchev–Trinajstić information content (AvgIpc) is 2.96. The maximum Gasteiger partial charge on any atom is 0.337 e. The van der Waals surface area contributed by atoms with Gasteiger partial charge in [0.05, 0.1) is 12.7 Å². The van der Waals surface area contributed by atoms with Gasteiger partial charge in [-0.2, -0.15) is 0 Å². The SMILES string of the molecule is CCCc1nc(C(=O)Nc2cccc(C(=O)OC)c2)n[nH]1. The summed E-state index contributed by atoms with van der Waals surface area (Å²) in [6.07, 6.45) is 1.65. The lowest BCUT2D eigenvalue weighted by Gasteiger charge is -2.04. The molecule has 0 fully saturated rings. The number of ether oxygens (including phenoxy) is 1. The third-order valence-corrected chi connectivity index (χ3v) is 2.76. The van der Waals surface area contributed by atoms with Gasteiger partial charge in [0.15, 0.2) is 0 Å². The first-order valence-corrected chi connectivity index (χ1v) is 6.55. The molecule has 0 aliphatic carbocycles. The van der Waals surface area contributed by atoms with Crippen molar-refractivity contribution in [2.75, 3.05) is 12.4 Å². The van der Waals surface area contributed by atoms with Crippen LogP contribution in [0.25, 0.3) is 0 Å². The van der Waals surface area contributed by atoms with E-state index < -0.39 is 11.9 Å². The van der Waals surface area contributed by atoms with Gasteiger partial charge in [0.2, 0.25) is 5.82 Å². The zero-order valence-corrected chi connectivity index (χ0v) is 11.8. The molecule has 1 heterocycles. The molecule has 0 saturated carbocycles. The molecule has 0 atom stereocenters. The van der Waals surface area contributed by atoms with E-state index in [9.17, 15) is 9.59 Å². The van der Waals surface area contributed by atoms with Gasteiger partial charge in [0.1, 0.15) is 5.82 Å². The number of aromatic nitrogens is 3. The number of anilines is 1. The van der Waals surface area contributed by atoms with Crippen LogP contribution in [0.3, 0.4) is 0 Å². The normalized spacial score (nSPS) is 10.2. The van der Waals surface area contributed by atoms with Crippen LogP contribution in [0.5, 0.6) is 0 Å². The van der Waals surface area contributed by atoms with Crippen molar-refractivity contribution < 1.29 is 14.3 Å². The lowest BCUT2D eigenvalue weighted by molar-refractivity contribution is 0.0600. The molecule has 21 heavy (non-hydrogen) atoms. The van der Waals surface area contributed by atoms with Crippen LogP contribution in [-0.2, 0) is 11.2 Å². The van der Waals surface area contributed by atoms with Crippen molar-refractivity contribution >= 4 is 17.6 Å². The first-order valence-electron chi connectivity index (χ1n) is 6.55. The Labute approximate surface area is 121 Å². The Kier molecular flexibility index (Phi) is 4.65. The molecule has 7 nitrogen and oxygen atoms in total. The van der Waals surface area contributed by atoms with Gasteiger partial charge in [-0.1, -0.05) is 13.0 Å². The fourth-order valence-electron chi connectivity index (χ4n) is 1.77. The molecule has 0 bridgehead atoms. The number of amides is 1. The molecule has 2 aromatic rings. The second-order valence-electron chi connectivity index (χ2n) is 4.38. The van der Waals surface area contributed by atoms with Gasteiger partial charge in [-0.05, 0) is 24.6 Å². The third kappa shape index (κ3) is 3.65. The fourth-order valence-corrected chi connectivity index (χ4v) is 1.77. The van der Waals surface area contributed by atoms with Crippen LogP contribution in [0, 0.1) is 0 Å². The number of aromatic amines is 1. The maximum absolute atomic E-state index is 12.0. The minimum atomic E-state index is -0.464. The number of hydrogen-bond donors (Lipinski definition) is 2.